The van der Waals surface area contributed by atoms with Crippen molar-refractivity contribution in [1.29, 1.82) is 0 Å². The number of hydrogen-bond donors (Lipinski definition) is 1. The van der Waals surface area contributed by atoms with Crippen molar-refractivity contribution in [3.63, 3.8) is 0 Å². The van der Waals surface area contributed by atoms with E-state index in [-0.39, 0.29) is 30.9 Å². The molecule has 4 rings (SSSR count). The lowest BCUT2D eigenvalue weighted by atomic mass is 9.66. The van der Waals surface area contributed by atoms with Crippen LogP contribution in [0.3, 0.4) is 0 Å². The average molecular weight is 546 g/mol. The van der Waals surface area contributed by atoms with Gasteiger partial charge in [-0.25, -0.2) is 0 Å². The summed E-state index contributed by atoms with van der Waals surface area (Å²) in [6.07, 6.45) is 5.91. The fourth-order valence-corrected chi connectivity index (χ4v) is 8.93. The second-order valence-corrected chi connectivity index (χ2v) is 12.7. The van der Waals surface area contributed by atoms with E-state index in [9.17, 15) is 19.5 Å². The number of aliphatic hydroxyl groups is 1. The molecule has 3 saturated heterocycles. The van der Waals surface area contributed by atoms with E-state index in [1.54, 1.807) is 69.9 Å². The maximum Gasteiger partial charge on any atom is 0.251 e. The van der Waals surface area contributed by atoms with Crippen LogP contribution in [0.4, 0.5) is 5.69 Å². The highest BCUT2D eigenvalue weighted by atomic mass is 35.5. The summed E-state index contributed by atoms with van der Waals surface area (Å²) < 4.78 is -1.12. The quantitative estimate of drug-likeness (QED) is 0.338. The number of thioether (sulfide) groups is 1. The highest BCUT2D eigenvalue weighted by Crippen LogP contribution is 2.71. The zero-order valence-electron chi connectivity index (χ0n) is 21.6. The normalized spacial score (nSPS) is 29.8. The van der Waals surface area contributed by atoms with Crippen molar-refractivity contribution < 1.29 is 19.5 Å². The molecule has 3 aliphatic rings. The lowest BCUT2D eigenvalue weighted by Crippen LogP contribution is -2.55. The minimum Gasteiger partial charge on any atom is -0.396 e. The monoisotopic (exact) mass is 545 g/mol. The van der Waals surface area contributed by atoms with Gasteiger partial charge in [0.25, 0.3) is 5.91 Å². The summed E-state index contributed by atoms with van der Waals surface area (Å²) in [5.41, 5.74) is 0.680. The average Bonchev–Trinajstić information content (AvgIpc) is 3.43. The highest BCUT2D eigenvalue weighted by Gasteiger charge is 2.77. The fourth-order valence-electron chi connectivity index (χ4n) is 6.46. The molecule has 9 heteroatoms. The number of hydrogen-bond acceptors (Lipinski definition) is 5. The summed E-state index contributed by atoms with van der Waals surface area (Å²) >= 11 is 7.76. The molecule has 37 heavy (non-hydrogen) atoms. The van der Waals surface area contributed by atoms with Crippen molar-refractivity contribution >= 4 is 46.8 Å². The molecule has 3 aliphatic heterocycles. The predicted molar refractivity (Wildman–Crippen MR) is 149 cm³/mol. The van der Waals surface area contributed by atoms with Crippen LogP contribution in [0.2, 0.25) is 5.02 Å². The first-order valence-corrected chi connectivity index (χ1v) is 14.0. The second kappa shape index (κ2) is 10.8. The van der Waals surface area contributed by atoms with Crippen molar-refractivity contribution in [2.24, 2.45) is 11.8 Å². The van der Waals surface area contributed by atoms with Crippen LogP contribution in [0.1, 0.15) is 32.6 Å². The third kappa shape index (κ3) is 4.61. The Balaban J connectivity index is 1.78. The van der Waals surface area contributed by atoms with Crippen LogP contribution >= 0.6 is 23.4 Å². The first kappa shape index (κ1) is 27.7. The molecule has 0 saturated carbocycles. The maximum absolute atomic E-state index is 14.4. The molecule has 7 nitrogen and oxygen atoms in total. The molecule has 5 atom stereocenters. The van der Waals surface area contributed by atoms with Crippen LogP contribution < -0.4 is 4.90 Å². The van der Waals surface area contributed by atoms with Crippen LogP contribution in [0.15, 0.2) is 49.6 Å². The minimum atomic E-state index is -0.714. The molecule has 1 N–H and O–H groups in total. The SMILES string of the molecule is C=CCN(C)C(=O)[C@H]1[C@H]2C(=O)N(CCCCO)C(C(=O)N(CC=C)c3ccc(Cl)cc3)C23CC[C@]1(C)S3. The lowest BCUT2D eigenvalue weighted by Gasteiger charge is -2.37. The molecule has 0 aliphatic carbocycles. The lowest BCUT2D eigenvalue weighted by molar-refractivity contribution is -0.144. The van der Waals surface area contributed by atoms with Gasteiger partial charge in [-0.2, -0.15) is 0 Å². The van der Waals surface area contributed by atoms with E-state index in [1.807, 2.05) is 0 Å². The molecule has 1 aromatic carbocycles. The van der Waals surface area contributed by atoms with Crippen molar-refractivity contribution in [3.8, 4) is 0 Å². The van der Waals surface area contributed by atoms with Gasteiger partial charge in [0.15, 0.2) is 0 Å². The zero-order chi connectivity index (χ0) is 27.0. The molecule has 1 aromatic rings. The van der Waals surface area contributed by atoms with E-state index >= 15 is 0 Å². The smallest absolute Gasteiger partial charge is 0.251 e. The molecular formula is C28H36ClN3O4S. The fraction of sp³-hybridized carbons (Fsp3) is 0.536. The molecule has 2 bridgehead atoms. The van der Waals surface area contributed by atoms with Gasteiger partial charge < -0.3 is 19.8 Å². The van der Waals surface area contributed by atoms with Crippen LogP contribution in [0.25, 0.3) is 0 Å². The number of unbranched alkanes of at least 4 members (excludes halogenated alkanes) is 1. The van der Waals surface area contributed by atoms with Crippen LogP contribution in [-0.2, 0) is 14.4 Å². The number of amides is 3. The van der Waals surface area contributed by atoms with E-state index in [4.69, 9.17) is 11.6 Å². The van der Waals surface area contributed by atoms with E-state index in [2.05, 4.69) is 20.1 Å². The minimum absolute atomic E-state index is 0.0167. The Bertz CT molecular complexity index is 1080. The molecule has 2 unspecified atom stereocenters. The van der Waals surface area contributed by atoms with Gasteiger partial charge in [0.1, 0.15) is 6.04 Å². The van der Waals surface area contributed by atoms with E-state index < -0.39 is 27.4 Å². The van der Waals surface area contributed by atoms with Crippen LogP contribution in [0.5, 0.6) is 0 Å². The largest absolute Gasteiger partial charge is 0.396 e. The summed E-state index contributed by atoms with van der Waals surface area (Å²) in [4.78, 5) is 47.2. The van der Waals surface area contributed by atoms with Gasteiger partial charge in [0.2, 0.25) is 11.8 Å². The third-order valence-corrected chi connectivity index (χ3v) is 10.3. The Morgan fingerprint density at radius 1 is 1.16 bits per heavy atom. The number of anilines is 1. The topological polar surface area (TPSA) is 81.2 Å². The standard InChI is InChI=1S/C28H36ClN3O4S/c1-5-15-30(4)24(34)21-22-25(35)32(17-7-8-18-33)23(28(22)14-13-27(21,3)37-28)26(36)31(16-6-2)20-11-9-19(29)10-12-20/h5-6,9-12,21-23,33H,1-2,7-8,13-18H2,3-4H3/t21-,22+,23?,27+,28?/m1/s1. The molecule has 1 spiro atoms. The van der Waals surface area contributed by atoms with E-state index in [0.717, 1.165) is 6.42 Å². The predicted octanol–water partition coefficient (Wildman–Crippen LogP) is 3.76. The Morgan fingerprint density at radius 2 is 1.84 bits per heavy atom. The van der Waals surface area contributed by atoms with Gasteiger partial charge in [-0.1, -0.05) is 23.8 Å². The van der Waals surface area contributed by atoms with Gasteiger partial charge in [-0.05, 0) is 56.9 Å². The first-order chi connectivity index (χ1) is 17.6. The molecule has 3 fully saturated rings. The van der Waals surface area contributed by atoms with Gasteiger partial charge in [-0.15, -0.1) is 24.9 Å². The zero-order valence-corrected chi connectivity index (χ0v) is 23.1. The third-order valence-electron chi connectivity index (χ3n) is 8.08. The summed E-state index contributed by atoms with van der Waals surface area (Å²) in [5, 5.41) is 9.94. The van der Waals surface area contributed by atoms with Crippen molar-refractivity contribution in [1.82, 2.24) is 9.80 Å². The Labute approximate surface area is 228 Å². The van der Waals surface area contributed by atoms with Crippen molar-refractivity contribution in [2.75, 3.05) is 38.2 Å². The summed E-state index contributed by atoms with van der Waals surface area (Å²) in [5.74, 6) is -1.46. The number of aliphatic hydroxyl groups excluding tert-OH is 1. The molecule has 200 valence electrons. The van der Waals surface area contributed by atoms with E-state index in [1.165, 1.54) is 0 Å². The maximum atomic E-state index is 14.4. The summed E-state index contributed by atoms with van der Waals surface area (Å²) in [7, 11) is 1.74. The number of halogens is 1. The van der Waals surface area contributed by atoms with E-state index in [0.29, 0.717) is 43.1 Å². The Hall–Kier alpha value is -2.29. The first-order valence-electron chi connectivity index (χ1n) is 12.8. The van der Waals surface area contributed by atoms with Gasteiger partial charge in [0.05, 0.1) is 16.6 Å². The molecule has 3 amide bonds. The molecule has 0 aromatic heterocycles. The molecule has 0 radical (unpaired) electrons. The number of fused-ring (bicyclic) bond motifs is 1. The number of rotatable bonds is 11. The number of carbonyl (C=O) groups excluding carboxylic acids is 3. The van der Waals surface area contributed by atoms with Crippen molar-refractivity contribution in [2.45, 2.75) is 48.1 Å². The number of benzene rings is 1. The van der Waals surface area contributed by atoms with Crippen LogP contribution in [0, 0.1) is 11.8 Å². The van der Waals surface area contributed by atoms with Gasteiger partial charge in [0, 0.05) is 48.7 Å². The summed E-state index contributed by atoms with van der Waals surface area (Å²) in [6.45, 7) is 10.7. The van der Waals surface area contributed by atoms with Crippen LogP contribution in [-0.4, -0.2) is 81.5 Å². The van der Waals surface area contributed by atoms with Gasteiger partial charge >= 0.3 is 0 Å². The molecule has 3 heterocycles. The highest BCUT2D eigenvalue weighted by molar-refractivity contribution is 8.02. The van der Waals surface area contributed by atoms with Gasteiger partial charge in [-0.3, -0.25) is 14.4 Å². The number of nitrogens with zero attached hydrogens (tertiary/aromatic N) is 3. The Morgan fingerprint density at radius 3 is 2.46 bits per heavy atom. The molecular weight excluding hydrogens is 510 g/mol. The summed E-state index contributed by atoms with van der Waals surface area (Å²) in [6, 6.07) is 6.35. The van der Waals surface area contributed by atoms with Crippen molar-refractivity contribution in [3.05, 3.63) is 54.6 Å². The number of likely N-dealkylation sites (N-methyl/N-ethyl adjacent to an activating group) is 1. The number of likely N-dealkylation sites (tertiary alicyclic amines) is 1. The Kier molecular flexibility index (Phi) is 8.12. The second-order valence-electron chi connectivity index (χ2n) is 10.4. The number of carbonyl (C=O) groups is 3.